The molecule has 2 atom stereocenters. The van der Waals surface area contributed by atoms with E-state index in [0.29, 0.717) is 0 Å². The van der Waals surface area contributed by atoms with E-state index in [2.05, 4.69) is 0 Å². The van der Waals surface area contributed by atoms with Crippen molar-refractivity contribution >= 4 is 26.1 Å². The van der Waals surface area contributed by atoms with Crippen LogP contribution in [0.1, 0.15) is 12.0 Å². The van der Waals surface area contributed by atoms with Crippen molar-refractivity contribution in [3.05, 3.63) is 35.9 Å². The molecule has 24 heavy (non-hydrogen) atoms. The zero-order valence-corrected chi connectivity index (χ0v) is 14.9. The van der Waals surface area contributed by atoms with Crippen molar-refractivity contribution in [2.75, 3.05) is 19.1 Å². The van der Waals surface area contributed by atoms with Crippen LogP contribution in [0.15, 0.2) is 30.3 Å². The van der Waals surface area contributed by atoms with Gasteiger partial charge < -0.3 is 4.74 Å². The van der Waals surface area contributed by atoms with Crippen molar-refractivity contribution in [1.82, 2.24) is 4.31 Å². The lowest BCUT2D eigenvalue weighted by Gasteiger charge is -2.20. The van der Waals surface area contributed by atoms with Crippen LogP contribution in [0.3, 0.4) is 0 Å². The standard InChI is InChI=1S/C14H19NO7S2/c1-23(17,18)15-9-12(22-24(2,19)20)8-13(15)14(16)21-10-11-6-4-3-5-7-11/h3-7,12-13H,8-10H2,1-2H3/t12-,13?/m1/s1. The molecule has 0 bridgehead atoms. The maximum Gasteiger partial charge on any atom is 0.324 e. The van der Waals surface area contributed by atoms with Gasteiger partial charge in [-0.2, -0.15) is 12.7 Å². The van der Waals surface area contributed by atoms with E-state index < -0.39 is 38.3 Å². The number of nitrogens with zero attached hydrogens (tertiary/aromatic N) is 1. The molecule has 0 spiro atoms. The van der Waals surface area contributed by atoms with E-state index in [4.69, 9.17) is 8.92 Å². The van der Waals surface area contributed by atoms with Crippen molar-refractivity contribution in [3.8, 4) is 0 Å². The lowest BCUT2D eigenvalue weighted by molar-refractivity contribution is -0.148. The normalized spacial score (nSPS) is 22.4. The van der Waals surface area contributed by atoms with Crippen LogP contribution in [0.2, 0.25) is 0 Å². The van der Waals surface area contributed by atoms with Gasteiger partial charge in [-0.25, -0.2) is 8.42 Å². The molecule has 0 N–H and O–H groups in total. The number of sulfonamides is 1. The molecule has 1 aromatic carbocycles. The van der Waals surface area contributed by atoms with Gasteiger partial charge in [-0.1, -0.05) is 30.3 Å². The van der Waals surface area contributed by atoms with E-state index in [-0.39, 0.29) is 19.6 Å². The Bertz CT molecular complexity index is 790. The average Bonchev–Trinajstić information content (AvgIpc) is 2.88. The topological polar surface area (TPSA) is 107 Å². The summed E-state index contributed by atoms with van der Waals surface area (Å²) in [5.41, 5.74) is 0.763. The molecular weight excluding hydrogens is 358 g/mol. The molecule has 0 aromatic heterocycles. The third-order valence-corrected chi connectivity index (χ3v) is 5.33. The maximum atomic E-state index is 12.3. The molecule has 1 fully saturated rings. The van der Waals surface area contributed by atoms with Crippen LogP contribution >= 0.6 is 0 Å². The number of hydrogen-bond donors (Lipinski definition) is 0. The van der Waals surface area contributed by atoms with Gasteiger partial charge in [-0.05, 0) is 5.56 Å². The van der Waals surface area contributed by atoms with Crippen molar-refractivity contribution < 1.29 is 30.6 Å². The van der Waals surface area contributed by atoms with E-state index in [9.17, 15) is 21.6 Å². The fourth-order valence-electron chi connectivity index (χ4n) is 2.49. The molecule has 0 aliphatic carbocycles. The van der Waals surface area contributed by atoms with Gasteiger partial charge in [0.1, 0.15) is 12.6 Å². The summed E-state index contributed by atoms with van der Waals surface area (Å²) in [5, 5.41) is 0. The molecule has 0 amide bonds. The monoisotopic (exact) mass is 377 g/mol. The Morgan fingerprint density at radius 2 is 1.79 bits per heavy atom. The van der Waals surface area contributed by atoms with E-state index in [1.165, 1.54) is 0 Å². The number of rotatable bonds is 6. The highest BCUT2D eigenvalue weighted by Gasteiger charge is 2.44. The van der Waals surface area contributed by atoms with Gasteiger partial charge in [0.2, 0.25) is 10.0 Å². The second-order valence-electron chi connectivity index (χ2n) is 5.60. The summed E-state index contributed by atoms with van der Waals surface area (Å²) in [6.45, 7) is -0.206. The highest BCUT2D eigenvalue weighted by atomic mass is 32.2. The Labute approximate surface area is 141 Å². The summed E-state index contributed by atoms with van der Waals surface area (Å²) in [6.07, 6.45) is 0.837. The average molecular weight is 377 g/mol. The van der Waals surface area contributed by atoms with Gasteiger partial charge in [0.15, 0.2) is 0 Å². The number of carbonyl (C=O) groups excluding carboxylic acids is 1. The van der Waals surface area contributed by atoms with E-state index in [0.717, 1.165) is 22.4 Å². The summed E-state index contributed by atoms with van der Waals surface area (Å²) in [6, 6.07) is 7.84. The molecule has 1 saturated heterocycles. The van der Waals surface area contributed by atoms with Gasteiger partial charge in [0.25, 0.3) is 10.1 Å². The Hall–Kier alpha value is -1.49. The summed E-state index contributed by atoms with van der Waals surface area (Å²) >= 11 is 0. The third kappa shape index (κ3) is 5.26. The minimum atomic E-state index is -3.75. The van der Waals surface area contributed by atoms with Crippen LogP contribution in [0, 0.1) is 0 Å². The van der Waals surface area contributed by atoms with Crippen LogP contribution in [-0.2, 0) is 40.5 Å². The molecule has 0 saturated carbocycles. The molecule has 1 aromatic rings. The molecule has 2 rings (SSSR count). The fourth-order valence-corrected chi connectivity index (χ4v) is 4.20. The number of carbonyl (C=O) groups is 1. The summed E-state index contributed by atoms with van der Waals surface area (Å²) < 4.78 is 57.0. The van der Waals surface area contributed by atoms with Crippen molar-refractivity contribution in [2.24, 2.45) is 0 Å². The van der Waals surface area contributed by atoms with E-state index in [1.54, 1.807) is 24.3 Å². The van der Waals surface area contributed by atoms with Crippen molar-refractivity contribution in [1.29, 1.82) is 0 Å². The predicted octanol–water partition coefficient (Wildman–Crippen LogP) is 0.108. The Kier molecular flexibility index (Phi) is 5.63. The lowest BCUT2D eigenvalue weighted by Crippen LogP contribution is -2.40. The molecule has 134 valence electrons. The van der Waals surface area contributed by atoms with Gasteiger partial charge >= 0.3 is 5.97 Å². The van der Waals surface area contributed by atoms with Crippen LogP contribution < -0.4 is 0 Å². The first-order chi connectivity index (χ1) is 11.1. The van der Waals surface area contributed by atoms with Gasteiger partial charge in [-0.3, -0.25) is 8.98 Å². The molecule has 10 heteroatoms. The smallest absolute Gasteiger partial charge is 0.324 e. The number of esters is 1. The second-order valence-corrected chi connectivity index (χ2v) is 9.14. The third-order valence-electron chi connectivity index (χ3n) is 3.45. The minimum absolute atomic E-state index is 0.00533. The SMILES string of the molecule is CS(=O)(=O)O[C@@H]1CC(C(=O)OCc2ccccc2)N(S(C)(=O)=O)C1. The van der Waals surface area contributed by atoms with Crippen molar-refractivity contribution in [3.63, 3.8) is 0 Å². The summed E-state index contributed by atoms with van der Waals surface area (Å²) in [5.74, 6) is -0.733. The van der Waals surface area contributed by atoms with Gasteiger partial charge in [0, 0.05) is 13.0 Å². The highest BCUT2D eigenvalue weighted by molar-refractivity contribution is 7.88. The zero-order chi connectivity index (χ0) is 18.0. The molecule has 1 aliphatic heterocycles. The second kappa shape index (κ2) is 7.18. The Balaban J connectivity index is 2.08. The zero-order valence-electron chi connectivity index (χ0n) is 13.3. The lowest BCUT2D eigenvalue weighted by atomic mass is 10.2. The van der Waals surface area contributed by atoms with Crippen LogP contribution in [-0.4, -0.2) is 58.3 Å². The largest absolute Gasteiger partial charge is 0.460 e. The molecular formula is C14H19NO7S2. The van der Waals surface area contributed by atoms with Crippen LogP contribution in [0.4, 0.5) is 0 Å². The van der Waals surface area contributed by atoms with E-state index in [1.807, 2.05) is 6.07 Å². The van der Waals surface area contributed by atoms with Crippen molar-refractivity contribution in [2.45, 2.75) is 25.2 Å². The molecule has 1 heterocycles. The summed E-state index contributed by atoms with van der Waals surface area (Å²) in [4.78, 5) is 12.3. The molecule has 1 unspecified atom stereocenters. The van der Waals surface area contributed by atoms with Gasteiger partial charge in [-0.15, -0.1) is 0 Å². The first-order valence-corrected chi connectivity index (χ1v) is 10.8. The van der Waals surface area contributed by atoms with E-state index >= 15 is 0 Å². The number of benzene rings is 1. The molecule has 0 radical (unpaired) electrons. The minimum Gasteiger partial charge on any atom is -0.460 e. The van der Waals surface area contributed by atoms with Crippen LogP contribution in [0.25, 0.3) is 0 Å². The first-order valence-electron chi connectivity index (χ1n) is 7.12. The number of hydrogen-bond acceptors (Lipinski definition) is 7. The predicted molar refractivity (Wildman–Crippen MR) is 85.9 cm³/mol. The Morgan fingerprint density at radius 1 is 1.17 bits per heavy atom. The maximum absolute atomic E-state index is 12.3. The molecule has 8 nitrogen and oxygen atoms in total. The molecule has 1 aliphatic rings. The van der Waals surface area contributed by atoms with Crippen LogP contribution in [0.5, 0.6) is 0 Å². The quantitative estimate of drug-likeness (QED) is 0.511. The highest BCUT2D eigenvalue weighted by Crippen LogP contribution is 2.25. The van der Waals surface area contributed by atoms with Gasteiger partial charge in [0.05, 0.1) is 18.6 Å². The summed E-state index contributed by atoms with van der Waals surface area (Å²) in [7, 11) is -7.46. The fraction of sp³-hybridized carbons (Fsp3) is 0.500. The number of ether oxygens (including phenoxy) is 1. The Morgan fingerprint density at radius 3 is 2.33 bits per heavy atom. The first kappa shape index (κ1) is 18.8.